The van der Waals surface area contributed by atoms with Gasteiger partial charge in [-0.1, -0.05) is 93.1 Å². The monoisotopic (exact) mass is 578 g/mol. The molecule has 4 N–H and O–H groups in total. The molecule has 220 valence electrons. The molecule has 0 radical (unpaired) electrons. The summed E-state index contributed by atoms with van der Waals surface area (Å²) in [7, 11) is -3.89. The molecule has 0 bridgehead atoms. The number of aliphatic hydroxyl groups excluding tert-OH is 2. The zero-order valence-electron chi connectivity index (χ0n) is 24.3. The summed E-state index contributed by atoms with van der Waals surface area (Å²) in [5.41, 5.74) is 4.43. The van der Waals surface area contributed by atoms with Crippen molar-refractivity contribution in [1.82, 2.24) is 10.0 Å². The Hall–Kier alpha value is -3.04. The van der Waals surface area contributed by atoms with Crippen LogP contribution < -0.4 is 10.0 Å². The van der Waals surface area contributed by atoms with E-state index >= 15 is 0 Å². The standard InChI is InChI=1S/C33H42N2O5S/c1-22-14-15-30(26(16-22)20-33(2,3)4)41(39,40)34-21-27(36)18-25(17-23-10-6-5-7-11-23)32(38)35-31-28-13-9-8-12-24(28)19-29(31)37/h5-16,25,27,29,31,34,36-37H,17-21H2,1-4H3,(H,35,38)/t25-,27+,29-,31+/m1/s1. The number of fused-ring (bicyclic) bond motifs is 1. The molecular weight excluding hydrogens is 536 g/mol. The van der Waals surface area contributed by atoms with Gasteiger partial charge in [0.2, 0.25) is 15.9 Å². The molecule has 0 fully saturated rings. The Morgan fingerprint density at radius 1 is 1.02 bits per heavy atom. The number of benzene rings is 3. The summed E-state index contributed by atoms with van der Waals surface area (Å²) in [5.74, 6) is -0.921. The van der Waals surface area contributed by atoms with Crippen LogP contribution >= 0.6 is 0 Å². The second-order valence-corrected chi connectivity index (χ2v) is 14.2. The normalized spacial score (nSPS) is 18.5. The van der Waals surface area contributed by atoms with Gasteiger partial charge in [0.05, 0.1) is 23.1 Å². The van der Waals surface area contributed by atoms with Gasteiger partial charge in [0.15, 0.2) is 0 Å². The molecule has 0 spiro atoms. The van der Waals surface area contributed by atoms with Crippen LogP contribution in [-0.4, -0.2) is 43.3 Å². The lowest BCUT2D eigenvalue weighted by Crippen LogP contribution is -2.41. The number of nitrogens with one attached hydrogen (secondary N) is 2. The third-order valence-corrected chi connectivity index (χ3v) is 9.01. The van der Waals surface area contributed by atoms with Crippen molar-refractivity contribution in [3.63, 3.8) is 0 Å². The van der Waals surface area contributed by atoms with Crippen molar-refractivity contribution < 1.29 is 23.4 Å². The molecule has 0 unspecified atom stereocenters. The lowest BCUT2D eigenvalue weighted by molar-refractivity contribution is -0.127. The first-order chi connectivity index (χ1) is 19.3. The number of carbonyl (C=O) groups excluding carboxylic acids is 1. The molecule has 8 heteroatoms. The van der Waals surface area contributed by atoms with E-state index in [0.29, 0.717) is 19.3 Å². The van der Waals surface area contributed by atoms with Crippen LogP contribution in [0.4, 0.5) is 0 Å². The van der Waals surface area contributed by atoms with Gasteiger partial charge < -0.3 is 15.5 Å². The summed E-state index contributed by atoms with van der Waals surface area (Å²) in [6, 6.07) is 21.9. The second-order valence-electron chi connectivity index (χ2n) is 12.4. The van der Waals surface area contributed by atoms with Crippen LogP contribution in [0, 0.1) is 18.3 Å². The van der Waals surface area contributed by atoms with E-state index in [2.05, 4.69) is 30.8 Å². The molecular formula is C33H42N2O5S. The van der Waals surface area contributed by atoms with E-state index in [4.69, 9.17) is 0 Å². The largest absolute Gasteiger partial charge is 0.392 e. The van der Waals surface area contributed by atoms with Crippen molar-refractivity contribution in [2.24, 2.45) is 11.3 Å². The highest BCUT2D eigenvalue weighted by atomic mass is 32.2. The van der Waals surface area contributed by atoms with Crippen LogP contribution in [0.5, 0.6) is 0 Å². The van der Waals surface area contributed by atoms with E-state index < -0.39 is 34.2 Å². The molecule has 7 nitrogen and oxygen atoms in total. The van der Waals surface area contributed by atoms with Crippen molar-refractivity contribution in [3.05, 3.63) is 101 Å². The molecule has 0 saturated heterocycles. The summed E-state index contributed by atoms with van der Waals surface area (Å²) in [5, 5.41) is 24.6. The quantitative estimate of drug-likeness (QED) is 0.272. The molecule has 4 atom stereocenters. The van der Waals surface area contributed by atoms with Crippen LogP contribution in [-0.2, 0) is 34.1 Å². The SMILES string of the molecule is Cc1ccc(S(=O)(=O)NC[C@@H](O)C[C@@H](Cc2ccccc2)C(=O)N[C@H]2c3ccccc3C[C@H]2O)c(CC(C)(C)C)c1. The van der Waals surface area contributed by atoms with Crippen LogP contribution in [0.3, 0.4) is 0 Å². The topological polar surface area (TPSA) is 116 Å². The minimum atomic E-state index is -3.89. The highest BCUT2D eigenvalue weighted by Gasteiger charge is 2.34. The molecule has 3 aromatic rings. The lowest BCUT2D eigenvalue weighted by atomic mass is 9.88. The number of rotatable bonds is 11. The first-order valence-electron chi connectivity index (χ1n) is 14.2. The molecule has 1 aliphatic carbocycles. The average Bonchev–Trinajstić information content (AvgIpc) is 3.21. The first-order valence-corrected chi connectivity index (χ1v) is 15.7. The fraction of sp³-hybridized carbons (Fsp3) is 0.424. The second kappa shape index (κ2) is 12.9. The third kappa shape index (κ3) is 8.26. The lowest BCUT2D eigenvalue weighted by Gasteiger charge is -2.25. The van der Waals surface area contributed by atoms with Crippen LogP contribution in [0.25, 0.3) is 0 Å². The first kappa shape index (κ1) is 30.9. The summed E-state index contributed by atoms with van der Waals surface area (Å²) in [6.07, 6.45) is -0.358. The van der Waals surface area contributed by atoms with Crippen molar-refractivity contribution in [2.75, 3.05) is 6.54 Å². The maximum absolute atomic E-state index is 13.6. The zero-order valence-corrected chi connectivity index (χ0v) is 25.1. The number of hydrogen-bond donors (Lipinski definition) is 4. The minimum absolute atomic E-state index is 0.0520. The Morgan fingerprint density at radius 3 is 2.41 bits per heavy atom. The Balaban J connectivity index is 1.47. The Kier molecular flexibility index (Phi) is 9.70. The Bertz CT molecular complexity index is 1450. The van der Waals surface area contributed by atoms with E-state index in [-0.39, 0.29) is 29.2 Å². The van der Waals surface area contributed by atoms with Gasteiger partial charge >= 0.3 is 0 Å². The zero-order chi connectivity index (χ0) is 29.8. The molecule has 1 aliphatic rings. The van der Waals surface area contributed by atoms with Gasteiger partial charge in [0.25, 0.3) is 0 Å². The van der Waals surface area contributed by atoms with Gasteiger partial charge in [-0.3, -0.25) is 4.79 Å². The van der Waals surface area contributed by atoms with Crippen molar-refractivity contribution in [1.29, 1.82) is 0 Å². The molecule has 3 aromatic carbocycles. The van der Waals surface area contributed by atoms with Crippen LogP contribution in [0.1, 0.15) is 61.1 Å². The van der Waals surface area contributed by atoms with E-state index in [1.165, 1.54) is 0 Å². The smallest absolute Gasteiger partial charge is 0.240 e. The number of carbonyl (C=O) groups is 1. The maximum Gasteiger partial charge on any atom is 0.240 e. The van der Waals surface area contributed by atoms with E-state index in [1.54, 1.807) is 12.1 Å². The Morgan fingerprint density at radius 2 is 1.71 bits per heavy atom. The van der Waals surface area contributed by atoms with Crippen molar-refractivity contribution in [2.45, 2.75) is 76.5 Å². The molecule has 4 rings (SSSR count). The summed E-state index contributed by atoms with van der Waals surface area (Å²) in [4.78, 5) is 13.8. The minimum Gasteiger partial charge on any atom is -0.392 e. The number of hydrogen-bond acceptors (Lipinski definition) is 5. The molecule has 0 saturated carbocycles. The Labute approximate surface area is 244 Å². The fourth-order valence-electron chi connectivity index (χ4n) is 5.58. The maximum atomic E-state index is 13.6. The average molecular weight is 579 g/mol. The van der Waals surface area contributed by atoms with Crippen molar-refractivity contribution >= 4 is 15.9 Å². The van der Waals surface area contributed by atoms with Gasteiger partial charge in [0.1, 0.15) is 0 Å². The fourth-order valence-corrected chi connectivity index (χ4v) is 6.87. The summed E-state index contributed by atoms with van der Waals surface area (Å²) in [6.45, 7) is 7.89. The predicted octanol–water partition coefficient (Wildman–Crippen LogP) is 4.25. The number of aliphatic hydroxyl groups is 2. The third-order valence-electron chi connectivity index (χ3n) is 7.49. The van der Waals surface area contributed by atoms with Crippen molar-refractivity contribution in [3.8, 4) is 0 Å². The van der Waals surface area contributed by atoms with Crippen LogP contribution in [0.15, 0.2) is 77.7 Å². The molecule has 0 heterocycles. The molecule has 0 aliphatic heterocycles. The van der Waals surface area contributed by atoms with Gasteiger partial charge in [0, 0.05) is 18.9 Å². The van der Waals surface area contributed by atoms with Crippen LogP contribution in [0.2, 0.25) is 0 Å². The van der Waals surface area contributed by atoms with E-state index in [1.807, 2.05) is 67.6 Å². The molecule has 0 aromatic heterocycles. The van der Waals surface area contributed by atoms with E-state index in [0.717, 1.165) is 27.8 Å². The number of amides is 1. The van der Waals surface area contributed by atoms with E-state index in [9.17, 15) is 23.4 Å². The highest BCUT2D eigenvalue weighted by Crippen LogP contribution is 2.32. The van der Waals surface area contributed by atoms with Gasteiger partial charge in [-0.25, -0.2) is 13.1 Å². The van der Waals surface area contributed by atoms with Gasteiger partial charge in [-0.15, -0.1) is 0 Å². The number of sulfonamides is 1. The molecule has 41 heavy (non-hydrogen) atoms. The summed E-state index contributed by atoms with van der Waals surface area (Å²) >= 11 is 0. The molecule has 1 amide bonds. The number of aryl methyl sites for hydroxylation is 1. The van der Waals surface area contributed by atoms with Gasteiger partial charge in [-0.05, 0) is 59.9 Å². The summed E-state index contributed by atoms with van der Waals surface area (Å²) < 4.78 is 29.2. The highest BCUT2D eigenvalue weighted by molar-refractivity contribution is 7.89. The van der Waals surface area contributed by atoms with Gasteiger partial charge in [-0.2, -0.15) is 0 Å². The predicted molar refractivity (Wildman–Crippen MR) is 161 cm³/mol.